The summed E-state index contributed by atoms with van der Waals surface area (Å²) >= 11 is 0. The predicted molar refractivity (Wildman–Crippen MR) is 91.7 cm³/mol. The second-order valence-electron chi connectivity index (χ2n) is 7.76. The van der Waals surface area contributed by atoms with Crippen molar-refractivity contribution in [1.82, 2.24) is 10.2 Å². The maximum Gasteiger partial charge on any atom is 0.253 e. The zero-order chi connectivity index (χ0) is 16.7. The molecule has 122 valence electrons. The van der Waals surface area contributed by atoms with Crippen molar-refractivity contribution >= 4 is 17.3 Å². The third-order valence-electron chi connectivity index (χ3n) is 4.26. The minimum atomic E-state index is -0.0301. The fourth-order valence-electron chi connectivity index (χ4n) is 3.71. The number of carbonyl (C=O) groups is 1. The third kappa shape index (κ3) is 3.71. The number of hydrogen-bond acceptors (Lipinski definition) is 4. The van der Waals surface area contributed by atoms with Crippen LogP contribution in [0.3, 0.4) is 0 Å². The Morgan fingerprint density at radius 1 is 1.09 bits per heavy atom. The third-order valence-corrected chi connectivity index (χ3v) is 4.26. The fraction of sp³-hybridized carbons (Fsp3) is 0.588. The summed E-state index contributed by atoms with van der Waals surface area (Å²) in [5.74, 6) is -0.0301. The highest BCUT2D eigenvalue weighted by Crippen LogP contribution is 2.31. The van der Waals surface area contributed by atoms with Gasteiger partial charge in [0.25, 0.3) is 5.91 Å². The maximum absolute atomic E-state index is 12.8. The quantitative estimate of drug-likeness (QED) is 0.732. The topological polar surface area (TPSA) is 84.4 Å². The summed E-state index contributed by atoms with van der Waals surface area (Å²) in [6.07, 6.45) is 1.83. The summed E-state index contributed by atoms with van der Waals surface area (Å²) in [5.41, 5.74) is 13.2. The summed E-state index contributed by atoms with van der Waals surface area (Å²) in [4.78, 5) is 14.6. The van der Waals surface area contributed by atoms with Gasteiger partial charge in [-0.05, 0) is 58.7 Å². The number of hydrogen-bond donors (Lipinski definition) is 3. The molecule has 0 radical (unpaired) electrons. The standard InChI is InChI=1S/C17H28N4O/c1-16(2)9-14(10-17(3,4)20-16)21(5)15(22)11-6-12(18)8-13(19)7-11/h6-8,14,20H,9-10,18-19H2,1-5H3. The van der Waals surface area contributed by atoms with Gasteiger partial charge in [0.15, 0.2) is 0 Å². The Bertz CT molecular complexity index is 544. The van der Waals surface area contributed by atoms with Crippen LogP contribution >= 0.6 is 0 Å². The van der Waals surface area contributed by atoms with Crippen LogP contribution < -0.4 is 16.8 Å². The normalized spacial score (nSPS) is 20.6. The molecule has 1 saturated heterocycles. The van der Waals surface area contributed by atoms with Crippen LogP contribution in [0.25, 0.3) is 0 Å². The first kappa shape index (κ1) is 16.6. The Morgan fingerprint density at radius 2 is 1.55 bits per heavy atom. The molecule has 0 saturated carbocycles. The molecule has 0 aliphatic carbocycles. The Kier molecular flexibility index (Phi) is 4.13. The molecule has 5 N–H and O–H groups in total. The fourth-order valence-corrected chi connectivity index (χ4v) is 3.71. The largest absolute Gasteiger partial charge is 0.399 e. The van der Waals surface area contributed by atoms with Crippen LogP contribution in [0, 0.1) is 0 Å². The van der Waals surface area contributed by atoms with Crippen LogP contribution in [0.5, 0.6) is 0 Å². The molecule has 1 aromatic carbocycles. The minimum Gasteiger partial charge on any atom is -0.399 e. The van der Waals surface area contributed by atoms with Crippen molar-refractivity contribution in [2.75, 3.05) is 18.5 Å². The van der Waals surface area contributed by atoms with Crippen molar-refractivity contribution in [3.8, 4) is 0 Å². The van der Waals surface area contributed by atoms with E-state index in [-0.39, 0.29) is 23.0 Å². The molecule has 2 rings (SSSR count). The molecule has 1 heterocycles. The summed E-state index contributed by atoms with van der Waals surface area (Å²) in [7, 11) is 1.86. The van der Waals surface area contributed by atoms with Gasteiger partial charge >= 0.3 is 0 Å². The molecule has 0 bridgehead atoms. The van der Waals surface area contributed by atoms with Crippen molar-refractivity contribution in [3.05, 3.63) is 23.8 Å². The number of nitrogens with zero attached hydrogens (tertiary/aromatic N) is 1. The molecule has 5 heteroatoms. The SMILES string of the molecule is CN(C(=O)c1cc(N)cc(N)c1)C1CC(C)(C)NC(C)(C)C1. The summed E-state index contributed by atoms with van der Waals surface area (Å²) in [6, 6.07) is 5.22. The Morgan fingerprint density at radius 3 is 2.00 bits per heavy atom. The summed E-state index contributed by atoms with van der Waals surface area (Å²) in [6.45, 7) is 8.71. The molecule has 0 atom stereocenters. The van der Waals surface area contributed by atoms with E-state index in [1.807, 2.05) is 11.9 Å². The average molecular weight is 304 g/mol. The highest BCUT2D eigenvalue weighted by molar-refractivity contribution is 5.96. The first-order chi connectivity index (χ1) is 9.99. The van der Waals surface area contributed by atoms with Crippen molar-refractivity contribution in [2.45, 2.75) is 57.7 Å². The van der Waals surface area contributed by atoms with Gasteiger partial charge in [-0.25, -0.2) is 0 Å². The summed E-state index contributed by atoms with van der Waals surface area (Å²) in [5, 5.41) is 3.64. The van der Waals surface area contributed by atoms with Crippen LogP contribution in [0.4, 0.5) is 11.4 Å². The van der Waals surface area contributed by atoms with Gasteiger partial charge in [-0.1, -0.05) is 0 Å². The lowest BCUT2D eigenvalue weighted by Gasteiger charge is -2.49. The number of amides is 1. The van der Waals surface area contributed by atoms with Crippen molar-refractivity contribution < 1.29 is 4.79 Å². The van der Waals surface area contributed by atoms with Crippen molar-refractivity contribution in [1.29, 1.82) is 0 Å². The zero-order valence-electron chi connectivity index (χ0n) is 14.2. The molecule has 0 aromatic heterocycles. The summed E-state index contributed by atoms with van der Waals surface area (Å²) < 4.78 is 0. The van der Waals surface area contributed by atoms with E-state index in [0.717, 1.165) is 12.8 Å². The average Bonchev–Trinajstić information content (AvgIpc) is 2.32. The van der Waals surface area contributed by atoms with Crippen LogP contribution in [0.15, 0.2) is 18.2 Å². The van der Waals surface area contributed by atoms with Crippen LogP contribution in [-0.4, -0.2) is 35.0 Å². The monoisotopic (exact) mass is 304 g/mol. The second-order valence-corrected chi connectivity index (χ2v) is 7.76. The van der Waals surface area contributed by atoms with E-state index in [1.54, 1.807) is 18.2 Å². The molecular weight excluding hydrogens is 276 g/mol. The molecule has 0 spiro atoms. The number of nitrogens with two attached hydrogens (primary N) is 2. The number of nitrogens with one attached hydrogen (secondary N) is 1. The lowest BCUT2D eigenvalue weighted by molar-refractivity contribution is 0.0529. The van der Waals surface area contributed by atoms with E-state index in [1.165, 1.54) is 0 Å². The number of carbonyl (C=O) groups excluding carboxylic acids is 1. The lowest BCUT2D eigenvalue weighted by atomic mass is 9.79. The molecule has 5 nitrogen and oxygen atoms in total. The zero-order valence-corrected chi connectivity index (χ0v) is 14.2. The first-order valence-electron chi connectivity index (χ1n) is 7.72. The molecule has 22 heavy (non-hydrogen) atoms. The van der Waals surface area contributed by atoms with Gasteiger partial charge in [0.2, 0.25) is 0 Å². The van der Waals surface area contributed by atoms with E-state index < -0.39 is 0 Å². The number of nitrogen functional groups attached to an aromatic ring is 2. The second kappa shape index (κ2) is 5.47. The first-order valence-corrected chi connectivity index (χ1v) is 7.72. The van der Waals surface area contributed by atoms with Crippen LogP contribution in [0.1, 0.15) is 50.9 Å². The van der Waals surface area contributed by atoms with Crippen molar-refractivity contribution in [2.24, 2.45) is 0 Å². The number of anilines is 2. The highest BCUT2D eigenvalue weighted by atomic mass is 16.2. The van der Waals surface area contributed by atoms with Gasteiger partial charge < -0.3 is 21.7 Å². The van der Waals surface area contributed by atoms with Crippen LogP contribution in [0.2, 0.25) is 0 Å². The molecule has 1 aromatic rings. The Balaban J connectivity index is 2.23. The highest BCUT2D eigenvalue weighted by Gasteiger charge is 2.40. The van der Waals surface area contributed by atoms with E-state index in [9.17, 15) is 4.79 Å². The lowest BCUT2D eigenvalue weighted by Crippen LogP contribution is -2.62. The number of piperidine rings is 1. The van der Waals surface area contributed by atoms with Gasteiger partial charge in [-0.15, -0.1) is 0 Å². The van der Waals surface area contributed by atoms with E-state index >= 15 is 0 Å². The van der Waals surface area contributed by atoms with Gasteiger partial charge in [-0.2, -0.15) is 0 Å². The molecule has 1 aliphatic heterocycles. The van der Waals surface area contributed by atoms with Gasteiger partial charge in [0.05, 0.1) is 0 Å². The molecule has 1 amide bonds. The smallest absolute Gasteiger partial charge is 0.253 e. The van der Waals surface area contributed by atoms with Gasteiger partial charge in [0.1, 0.15) is 0 Å². The number of rotatable bonds is 2. The Hall–Kier alpha value is -1.75. The molecule has 1 aliphatic rings. The van der Waals surface area contributed by atoms with E-state index in [0.29, 0.717) is 16.9 Å². The number of benzene rings is 1. The molecular formula is C17H28N4O. The molecule has 0 unspecified atom stereocenters. The maximum atomic E-state index is 12.8. The predicted octanol–water partition coefficient (Wildman–Crippen LogP) is 2.23. The van der Waals surface area contributed by atoms with Gasteiger partial charge in [0, 0.05) is 41.1 Å². The van der Waals surface area contributed by atoms with Crippen molar-refractivity contribution in [3.63, 3.8) is 0 Å². The van der Waals surface area contributed by atoms with E-state index in [2.05, 4.69) is 33.0 Å². The van der Waals surface area contributed by atoms with Gasteiger partial charge in [-0.3, -0.25) is 4.79 Å². The van der Waals surface area contributed by atoms with E-state index in [4.69, 9.17) is 11.5 Å². The van der Waals surface area contributed by atoms with Crippen LogP contribution in [-0.2, 0) is 0 Å². The molecule has 1 fully saturated rings. The minimum absolute atomic E-state index is 0.00427. The Labute approximate surface area is 133 Å².